The van der Waals surface area contributed by atoms with Crippen molar-refractivity contribution in [1.82, 2.24) is 4.90 Å². The largest absolute Gasteiger partial charge is 0.284 e. The third-order valence-corrected chi connectivity index (χ3v) is 4.57. The molecule has 1 aliphatic rings. The number of benzene rings is 2. The van der Waals surface area contributed by atoms with Crippen molar-refractivity contribution in [2.45, 2.75) is 18.8 Å². The van der Waals surface area contributed by atoms with Crippen molar-refractivity contribution in [3.05, 3.63) is 71.8 Å². The van der Waals surface area contributed by atoms with Crippen LogP contribution in [0.3, 0.4) is 0 Å². The van der Waals surface area contributed by atoms with Crippen LogP contribution in [0.5, 0.6) is 0 Å². The number of amides is 2. The first-order chi connectivity index (χ1) is 10.6. The standard InChI is InChI=1S/C19H19NO2/c1-14-13-19(15-9-5-3-6-10-15,16-11-7-4-8-12-16)18(22)20(2)17(14)21/h3-12,14H,13H2,1-2H3. The van der Waals surface area contributed by atoms with E-state index in [1.54, 1.807) is 7.05 Å². The Labute approximate surface area is 130 Å². The van der Waals surface area contributed by atoms with Gasteiger partial charge in [0, 0.05) is 13.0 Å². The molecule has 1 atom stereocenters. The van der Waals surface area contributed by atoms with Crippen molar-refractivity contribution < 1.29 is 9.59 Å². The van der Waals surface area contributed by atoms with E-state index >= 15 is 0 Å². The highest BCUT2D eigenvalue weighted by Crippen LogP contribution is 2.43. The Kier molecular flexibility index (Phi) is 3.57. The number of nitrogens with zero attached hydrogens (tertiary/aromatic N) is 1. The third kappa shape index (κ3) is 2.05. The van der Waals surface area contributed by atoms with Crippen molar-refractivity contribution >= 4 is 11.8 Å². The third-order valence-electron chi connectivity index (χ3n) is 4.57. The number of rotatable bonds is 2. The molecule has 2 aromatic carbocycles. The molecule has 1 unspecified atom stereocenters. The molecule has 0 saturated carbocycles. The maximum Gasteiger partial charge on any atom is 0.244 e. The maximum atomic E-state index is 13.1. The van der Waals surface area contributed by atoms with Crippen LogP contribution >= 0.6 is 0 Å². The zero-order valence-electron chi connectivity index (χ0n) is 12.8. The summed E-state index contributed by atoms with van der Waals surface area (Å²) < 4.78 is 0. The van der Waals surface area contributed by atoms with Gasteiger partial charge in [-0.1, -0.05) is 67.6 Å². The van der Waals surface area contributed by atoms with E-state index < -0.39 is 5.41 Å². The summed E-state index contributed by atoms with van der Waals surface area (Å²) in [5.41, 5.74) is 1.10. The summed E-state index contributed by atoms with van der Waals surface area (Å²) in [6.07, 6.45) is 0.503. The van der Waals surface area contributed by atoms with Gasteiger partial charge in [-0.15, -0.1) is 0 Å². The van der Waals surface area contributed by atoms with Gasteiger partial charge < -0.3 is 0 Å². The Hall–Kier alpha value is -2.42. The Balaban J connectivity index is 2.25. The number of piperidine rings is 1. The highest BCUT2D eigenvalue weighted by molar-refractivity contribution is 6.06. The first-order valence-corrected chi connectivity index (χ1v) is 7.50. The molecule has 112 valence electrons. The molecule has 2 amide bonds. The van der Waals surface area contributed by atoms with Gasteiger partial charge in [0.05, 0.1) is 0 Å². The number of carbonyl (C=O) groups excluding carboxylic acids is 2. The van der Waals surface area contributed by atoms with E-state index in [1.807, 2.05) is 67.6 Å². The average Bonchev–Trinajstić information content (AvgIpc) is 2.58. The molecule has 3 nitrogen and oxygen atoms in total. The van der Waals surface area contributed by atoms with Gasteiger partial charge in [0.1, 0.15) is 5.41 Å². The molecule has 0 spiro atoms. The lowest BCUT2D eigenvalue weighted by Crippen LogP contribution is -2.55. The molecular formula is C19H19NO2. The van der Waals surface area contributed by atoms with E-state index in [9.17, 15) is 9.59 Å². The molecule has 0 bridgehead atoms. The van der Waals surface area contributed by atoms with E-state index in [1.165, 1.54) is 4.90 Å². The number of imide groups is 1. The minimum atomic E-state index is -0.787. The second-order valence-electron chi connectivity index (χ2n) is 5.94. The van der Waals surface area contributed by atoms with Crippen molar-refractivity contribution in [3.8, 4) is 0 Å². The summed E-state index contributed by atoms with van der Waals surface area (Å²) in [7, 11) is 1.58. The fourth-order valence-corrected chi connectivity index (χ4v) is 3.45. The second kappa shape index (κ2) is 5.41. The van der Waals surface area contributed by atoms with Crippen LogP contribution in [0.4, 0.5) is 0 Å². The molecule has 1 aliphatic heterocycles. The minimum absolute atomic E-state index is 0.104. The van der Waals surface area contributed by atoms with Crippen LogP contribution in [0.2, 0.25) is 0 Å². The molecule has 2 aromatic rings. The predicted molar refractivity (Wildman–Crippen MR) is 85.2 cm³/mol. The average molecular weight is 293 g/mol. The number of carbonyl (C=O) groups is 2. The van der Waals surface area contributed by atoms with Crippen LogP contribution in [0.1, 0.15) is 24.5 Å². The van der Waals surface area contributed by atoms with Crippen molar-refractivity contribution in [2.75, 3.05) is 7.05 Å². The summed E-state index contributed by atoms with van der Waals surface area (Å²) in [6.45, 7) is 1.89. The normalized spacial score (nSPS) is 21.0. The molecule has 0 radical (unpaired) electrons. The SMILES string of the molecule is CC1CC(c2ccccc2)(c2ccccc2)C(=O)N(C)C1=O. The smallest absolute Gasteiger partial charge is 0.244 e. The summed E-state index contributed by atoms with van der Waals surface area (Å²) in [5.74, 6) is -0.441. The quantitative estimate of drug-likeness (QED) is 0.798. The molecule has 0 aliphatic carbocycles. The van der Waals surface area contributed by atoms with Gasteiger partial charge in [-0.25, -0.2) is 0 Å². The zero-order valence-corrected chi connectivity index (χ0v) is 12.8. The highest BCUT2D eigenvalue weighted by atomic mass is 16.2. The first-order valence-electron chi connectivity index (χ1n) is 7.50. The molecule has 1 heterocycles. The fraction of sp³-hybridized carbons (Fsp3) is 0.263. The van der Waals surface area contributed by atoms with Crippen LogP contribution in [0.15, 0.2) is 60.7 Å². The summed E-state index contributed by atoms with van der Waals surface area (Å²) in [4.78, 5) is 26.6. The van der Waals surface area contributed by atoms with Gasteiger partial charge >= 0.3 is 0 Å². The van der Waals surface area contributed by atoms with Crippen LogP contribution in [0, 0.1) is 5.92 Å². The lowest BCUT2D eigenvalue weighted by molar-refractivity contribution is -0.153. The summed E-state index contributed by atoms with van der Waals surface area (Å²) >= 11 is 0. The molecule has 0 N–H and O–H groups in total. The van der Waals surface area contributed by atoms with E-state index in [2.05, 4.69) is 0 Å². The minimum Gasteiger partial charge on any atom is -0.284 e. The predicted octanol–water partition coefficient (Wildman–Crippen LogP) is 3.00. The van der Waals surface area contributed by atoms with Gasteiger partial charge in [-0.2, -0.15) is 0 Å². The molecular weight excluding hydrogens is 274 g/mol. The lowest BCUT2D eigenvalue weighted by atomic mass is 9.66. The summed E-state index contributed by atoms with van der Waals surface area (Å²) in [6, 6.07) is 19.5. The van der Waals surface area contributed by atoms with Crippen LogP contribution in [0.25, 0.3) is 0 Å². The molecule has 3 rings (SSSR count). The second-order valence-corrected chi connectivity index (χ2v) is 5.94. The monoisotopic (exact) mass is 293 g/mol. The van der Waals surface area contributed by atoms with Gasteiger partial charge in [0.15, 0.2) is 0 Å². The molecule has 0 aromatic heterocycles. The van der Waals surface area contributed by atoms with E-state index in [-0.39, 0.29) is 17.7 Å². The topological polar surface area (TPSA) is 37.4 Å². The van der Waals surface area contributed by atoms with Crippen molar-refractivity contribution in [3.63, 3.8) is 0 Å². The van der Waals surface area contributed by atoms with Crippen LogP contribution in [-0.4, -0.2) is 23.8 Å². The summed E-state index contributed by atoms with van der Waals surface area (Å²) in [5, 5.41) is 0. The van der Waals surface area contributed by atoms with Gasteiger partial charge in [0.2, 0.25) is 11.8 Å². The van der Waals surface area contributed by atoms with Crippen molar-refractivity contribution in [2.24, 2.45) is 5.92 Å². The number of likely N-dealkylation sites (N-methyl/N-ethyl adjacent to an activating group) is 1. The fourth-order valence-electron chi connectivity index (χ4n) is 3.45. The van der Waals surface area contributed by atoms with Gasteiger partial charge in [-0.05, 0) is 17.5 Å². The maximum absolute atomic E-state index is 13.1. The van der Waals surface area contributed by atoms with Crippen LogP contribution in [-0.2, 0) is 15.0 Å². The Morgan fingerprint density at radius 1 is 0.909 bits per heavy atom. The molecule has 1 fully saturated rings. The molecule has 1 saturated heterocycles. The van der Waals surface area contributed by atoms with E-state index in [0.717, 1.165) is 11.1 Å². The molecule has 3 heteroatoms. The zero-order chi connectivity index (χ0) is 15.7. The van der Waals surface area contributed by atoms with Gasteiger partial charge in [-0.3, -0.25) is 14.5 Å². The number of hydrogen-bond acceptors (Lipinski definition) is 2. The van der Waals surface area contributed by atoms with E-state index in [4.69, 9.17) is 0 Å². The lowest BCUT2D eigenvalue weighted by Gasteiger charge is -2.42. The highest BCUT2D eigenvalue weighted by Gasteiger charge is 2.50. The first kappa shape index (κ1) is 14.5. The molecule has 22 heavy (non-hydrogen) atoms. The van der Waals surface area contributed by atoms with Crippen LogP contribution < -0.4 is 0 Å². The van der Waals surface area contributed by atoms with E-state index in [0.29, 0.717) is 6.42 Å². The Morgan fingerprint density at radius 3 is 1.82 bits per heavy atom. The van der Waals surface area contributed by atoms with Crippen molar-refractivity contribution in [1.29, 1.82) is 0 Å². The Bertz CT molecular complexity index is 654. The number of likely N-dealkylation sites (tertiary alicyclic amines) is 1. The Morgan fingerprint density at radius 2 is 1.36 bits per heavy atom. The van der Waals surface area contributed by atoms with Gasteiger partial charge in [0.25, 0.3) is 0 Å². The number of hydrogen-bond donors (Lipinski definition) is 0.